The monoisotopic (exact) mass is 485 g/mol. The van der Waals surface area contributed by atoms with Crippen molar-refractivity contribution in [3.8, 4) is 5.82 Å². The van der Waals surface area contributed by atoms with Crippen molar-refractivity contribution in [2.45, 2.75) is 19.0 Å². The van der Waals surface area contributed by atoms with Crippen molar-refractivity contribution in [1.82, 2.24) is 24.6 Å². The molecule has 1 atom stereocenters. The lowest BCUT2D eigenvalue weighted by Crippen LogP contribution is -2.52. The van der Waals surface area contributed by atoms with Gasteiger partial charge in [0.2, 0.25) is 5.91 Å². The summed E-state index contributed by atoms with van der Waals surface area (Å²) in [6.45, 7) is 3.36. The van der Waals surface area contributed by atoms with E-state index in [9.17, 15) is 18.0 Å². The van der Waals surface area contributed by atoms with Gasteiger partial charge in [-0.05, 0) is 37.1 Å². The Labute approximate surface area is 201 Å². The SMILES string of the molecule is O=C(C1CCCN(c2cc(-n3cccn3)ncn2)C1)N1CCN(c2cccc(C(F)(F)F)c2)CC1. The summed E-state index contributed by atoms with van der Waals surface area (Å²) in [5.41, 5.74) is -0.122. The molecule has 2 saturated heterocycles. The average Bonchev–Trinajstić information content (AvgIpc) is 3.43. The highest BCUT2D eigenvalue weighted by molar-refractivity contribution is 5.80. The molecule has 8 nitrogen and oxygen atoms in total. The first-order valence-electron chi connectivity index (χ1n) is 11.7. The van der Waals surface area contributed by atoms with Crippen LogP contribution < -0.4 is 9.80 Å². The number of nitrogens with zero attached hydrogens (tertiary/aromatic N) is 7. The molecule has 1 amide bonds. The van der Waals surface area contributed by atoms with Crippen LogP contribution in [-0.4, -0.2) is 69.8 Å². The highest BCUT2D eigenvalue weighted by Gasteiger charge is 2.33. The van der Waals surface area contributed by atoms with Crippen LogP contribution in [0.15, 0.2) is 55.1 Å². The summed E-state index contributed by atoms with van der Waals surface area (Å²) >= 11 is 0. The van der Waals surface area contributed by atoms with Gasteiger partial charge in [0.1, 0.15) is 12.1 Å². The summed E-state index contributed by atoms with van der Waals surface area (Å²) in [6, 6.07) is 9.06. The van der Waals surface area contributed by atoms with Crippen molar-refractivity contribution in [3.63, 3.8) is 0 Å². The number of hydrogen-bond donors (Lipinski definition) is 0. The third-order valence-electron chi connectivity index (χ3n) is 6.60. The minimum Gasteiger partial charge on any atom is -0.368 e. The molecule has 2 fully saturated rings. The zero-order valence-corrected chi connectivity index (χ0v) is 19.1. The first-order chi connectivity index (χ1) is 16.9. The fourth-order valence-corrected chi connectivity index (χ4v) is 4.75. The predicted octanol–water partition coefficient (Wildman–Crippen LogP) is 3.25. The molecule has 1 unspecified atom stereocenters. The summed E-state index contributed by atoms with van der Waals surface area (Å²) in [5, 5.41) is 4.21. The van der Waals surface area contributed by atoms with E-state index in [2.05, 4.69) is 20.0 Å². The second-order valence-electron chi connectivity index (χ2n) is 8.83. The number of alkyl halides is 3. The maximum atomic E-state index is 13.3. The van der Waals surface area contributed by atoms with Crippen LogP contribution in [0.3, 0.4) is 0 Å². The van der Waals surface area contributed by atoms with Gasteiger partial charge >= 0.3 is 6.18 Å². The number of anilines is 2. The van der Waals surface area contributed by atoms with Crippen molar-refractivity contribution < 1.29 is 18.0 Å². The molecule has 2 aromatic heterocycles. The van der Waals surface area contributed by atoms with Crippen LogP contribution in [0.2, 0.25) is 0 Å². The number of carbonyl (C=O) groups excluding carboxylic acids is 1. The molecule has 0 radical (unpaired) electrons. The summed E-state index contributed by atoms with van der Waals surface area (Å²) < 4.78 is 40.9. The molecule has 3 aromatic rings. The molecule has 5 rings (SSSR count). The van der Waals surface area contributed by atoms with Gasteiger partial charge in [-0.15, -0.1) is 0 Å². The predicted molar refractivity (Wildman–Crippen MR) is 124 cm³/mol. The van der Waals surface area contributed by atoms with E-state index in [1.54, 1.807) is 16.9 Å². The number of amides is 1. The van der Waals surface area contributed by atoms with E-state index in [4.69, 9.17) is 0 Å². The Morgan fingerprint density at radius 1 is 0.943 bits per heavy atom. The lowest BCUT2D eigenvalue weighted by atomic mass is 9.96. The fraction of sp³-hybridized carbons (Fsp3) is 0.417. The standard InChI is InChI=1S/C24H26F3N7O/c25-24(26,27)19-5-1-6-20(14-19)31-10-12-32(13-11-31)23(35)18-4-2-8-33(16-18)21-15-22(29-17-28-21)34-9-3-7-30-34/h1,3,5-7,9,14-15,17-18H,2,4,8,10-13,16H2. The highest BCUT2D eigenvalue weighted by Crippen LogP contribution is 2.32. The van der Waals surface area contributed by atoms with Crippen LogP contribution in [0, 0.1) is 5.92 Å². The largest absolute Gasteiger partial charge is 0.416 e. The third kappa shape index (κ3) is 5.08. The van der Waals surface area contributed by atoms with Gasteiger partial charge in [-0.25, -0.2) is 14.6 Å². The second-order valence-corrected chi connectivity index (χ2v) is 8.83. The van der Waals surface area contributed by atoms with E-state index >= 15 is 0 Å². The molecule has 0 spiro atoms. The number of carbonyl (C=O) groups is 1. The van der Waals surface area contributed by atoms with Crippen LogP contribution in [0.1, 0.15) is 18.4 Å². The average molecular weight is 486 g/mol. The Bertz CT molecular complexity index is 1160. The molecular weight excluding hydrogens is 459 g/mol. The zero-order chi connectivity index (χ0) is 24.4. The molecular formula is C24H26F3N7O. The molecule has 0 aliphatic carbocycles. The van der Waals surface area contributed by atoms with Gasteiger partial charge in [-0.3, -0.25) is 4.79 Å². The molecule has 35 heavy (non-hydrogen) atoms. The Morgan fingerprint density at radius 3 is 2.49 bits per heavy atom. The first kappa shape index (κ1) is 23.1. The van der Waals surface area contributed by atoms with E-state index in [1.165, 1.54) is 18.5 Å². The van der Waals surface area contributed by atoms with Crippen molar-refractivity contribution in [2.24, 2.45) is 5.92 Å². The third-order valence-corrected chi connectivity index (χ3v) is 6.60. The molecule has 2 aliphatic rings. The van der Waals surface area contributed by atoms with Gasteiger partial charge in [0.05, 0.1) is 11.5 Å². The molecule has 0 bridgehead atoms. The van der Waals surface area contributed by atoms with Gasteiger partial charge in [-0.1, -0.05) is 6.07 Å². The quantitative estimate of drug-likeness (QED) is 0.565. The number of piperazine rings is 1. The normalized spacial score (nSPS) is 19.2. The van der Waals surface area contributed by atoms with E-state index in [0.717, 1.165) is 31.3 Å². The summed E-state index contributed by atoms with van der Waals surface area (Å²) in [7, 11) is 0. The Morgan fingerprint density at radius 2 is 1.74 bits per heavy atom. The van der Waals surface area contributed by atoms with Crippen molar-refractivity contribution >= 4 is 17.4 Å². The number of halogens is 3. The first-order valence-corrected chi connectivity index (χ1v) is 11.7. The number of benzene rings is 1. The van der Waals surface area contributed by atoms with Crippen molar-refractivity contribution in [3.05, 3.63) is 60.7 Å². The molecule has 11 heteroatoms. The number of aromatic nitrogens is 4. The number of piperidine rings is 1. The molecule has 0 saturated carbocycles. The molecule has 184 valence electrons. The van der Waals surface area contributed by atoms with E-state index in [-0.39, 0.29) is 11.8 Å². The van der Waals surface area contributed by atoms with E-state index in [0.29, 0.717) is 44.2 Å². The second kappa shape index (κ2) is 9.55. The minimum atomic E-state index is -4.37. The van der Waals surface area contributed by atoms with E-state index in [1.807, 2.05) is 28.1 Å². The Kier molecular flexibility index (Phi) is 6.31. The lowest BCUT2D eigenvalue weighted by molar-refractivity contribution is -0.137. The highest BCUT2D eigenvalue weighted by atomic mass is 19.4. The number of hydrogen-bond acceptors (Lipinski definition) is 6. The fourth-order valence-electron chi connectivity index (χ4n) is 4.75. The van der Waals surface area contributed by atoms with Gasteiger partial charge in [0.25, 0.3) is 0 Å². The van der Waals surface area contributed by atoms with Crippen LogP contribution in [0.25, 0.3) is 5.82 Å². The van der Waals surface area contributed by atoms with Gasteiger partial charge in [0.15, 0.2) is 5.82 Å². The molecule has 2 aliphatic heterocycles. The smallest absolute Gasteiger partial charge is 0.368 e. The van der Waals surface area contributed by atoms with Gasteiger partial charge < -0.3 is 14.7 Å². The minimum absolute atomic E-state index is 0.0970. The molecule has 4 heterocycles. The van der Waals surface area contributed by atoms with Crippen LogP contribution >= 0.6 is 0 Å². The molecule has 1 aromatic carbocycles. The summed E-state index contributed by atoms with van der Waals surface area (Å²) in [6.07, 6.45) is 2.31. The maximum absolute atomic E-state index is 13.3. The van der Waals surface area contributed by atoms with E-state index < -0.39 is 11.7 Å². The zero-order valence-electron chi connectivity index (χ0n) is 19.1. The van der Waals surface area contributed by atoms with Crippen LogP contribution in [0.5, 0.6) is 0 Å². The maximum Gasteiger partial charge on any atom is 0.416 e. The number of rotatable bonds is 4. The molecule has 0 N–H and O–H groups in total. The van der Waals surface area contributed by atoms with Crippen molar-refractivity contribution in [1.29, 1.82) is 0 Å². The Balaban J connectivity index is 1.20. The van der Waals surface area contributed by atoms with Crippen LogP contribution in [-0.2, 0) is 11.0 Å². The van der Waals surface area contributed by atoms with Crippen LogP contribution in [0.4, 0.5) is 24.7 Å². The summed E-state index contributed by atoms with van der Waals surface area (Å²) in [5.74, 6) is 1.38. The summed E-state index contributed by atoms with van der Waals surface area (Å²) in [4.78, 5) is 27.8. The topological polar surface area (TPSA) is 70.4 Å². The van der Waals surface area contributed by atoms with Crippen molar-refractivity contribution in [2.75, 3.05) is 49.1 Å². The van der Waals surface area contributed by atoms with Gasteiger partial charge in [-0.2, -0.15) is 18.3 Å². The lowest BCUT2D eigenvalue weighted by Gasteiger charge is -2.40. The Hall–Kier alpha value is -3.63. The van der Waals surface area contributed by atoms with Gasteiger partial charge in [0, 0.05) is 63.4 Å².